The van der Waals surface area contributed by atoms with Crippen LogP contribution in [0.4, 0.5) is 4.79 Å². The first-order chi connectivity index (χ1) is 22.4. The second-order valence-electron chi connectivity index (χ2n) is 12.4. The molecule has 8 nitrogen and oxygen atoms in total. The summed E-state index contributed by atoms with van der Waals surface area (Å²) in [7, 11) is 2.15. The van der Waals surface area contributed by atoms with E-state index in [2.05, 4.69) is 40.4 Å². The molecule has 3 aliphatic rings. The first-order valence-electron chi connectivity index (χ1n) is 17.1. The van der Waals surface area contributed by atoms with Crippen LogP contribution in [-0.4, -0.2) is 91.1 Å². The van der Waals surface area contributed by atoms with Crippen LogP contribution >= 0.6 is 0 Å². The summed E-state index contributed by atoms with van der Waals surface area (Å²) in [6.07, 6.45) is 23.8. The summed E-state index contributed by atoms with van der Waals surface area (Å²) >= 11 is 0. The molecule has 1 atom stereocenters. The van der Waals surface area contributed by atoms with Crippen LogP contribution in [0.5, 0.6) is 0 Å². The monoisotopic (exact) mass is 808 g/mol. The Labute approximate surface area is 300 Å². The molecule has 4 rings (SSSR count). The van der Waals surface area contributed by atoms with E-state index in [0.29, 0.717) is 17.7 Å². The summed E-state index contributed by atoms with van der Waals surface area (Å²) in [6.45, 7) is 9.45. The standard InChI is InChI=1S/C38H52N4O4.Hf/c1-4-17-30(5-2)35(31-18-9-6-7-10-19-31)39-38(45)46-32-22-28-41(29-23-32)26-14-8-13-24-40(3)25-15-16-27-42-36(43)33-20-11-12-21-34(33)37(42)44;/h4-7,9,11-12,17-21,32,35H,8,10,13-16,22-29H2,1-3H3,(H,39,45);/b17-4-,30-5+;. The van der Waals surface area contributed by atoms with Gasteiger partial charge in [-0.1, -0.05) is 67.2 Å². The molecule has 47 heavy (non-hydrogen) atoms. The van der Waals surface area contributed by atoms with E-state index < -0.39 is 0 Å². The van der Waals surface area contributed by atoms with Gasteiger partial charge in [0.2, 0.25) is 0 Å². The molecule has 1 aromatic carbocycles. The minimum Gasteiger partial charge on any atom is -0.446 e. The molecule has 0 aromatic heterocycles. The molecule has 0 saturated carbocycles. The van der Waals surface area contributed by atoms with Crippen molar-refractivity contribution < 1.29 is 45.0 Å². The average molecular weight is 807 g/mol. The number of nitrogens with zero attached hydrogens (tertiary/aromatic N) is 3. The molecule has 1 unspecified atom stereocenters. The second kappa shape index (κ2) is 20.5. The Kier molecular flexibility index (Phi) is 16.8. The van der Waals surface area contributed by atoms with E-state index in [1.54, 1.807) is 24.3 Å². The van der Waals surface area contributed by atoms with Gasteiger partial charge in [-0.25, -0.2) is 4.79 Å². The molecule has 1 saturated heterocycles. The molecule has 0 bridgehead atoms. The Hall–Kier alpha value is -2.88. The summed E-state index contributed by atoms with van der Waals surface area (Å²) in [5, 5.41) is 3.13. The van der Waals surface area contributed by atoms with Crippen molar-refractivity contribution in [2.24, 2.45) is 0 Å². The van der Waals surface area contributed by atoms with Crippen LogP contribution in [0.15, 0.2) is 84.0 Å². The van der Waals surface area contributed by atoms with Gasteiger partial charge in [-0.2, -0.15) is 0 Å². The molecule has 1 N–H and O–H groups in total. The molecule has 2 aliphatic heterocycles. The third-order valence-electron chi connectivity index (χ3n) is 9.02. The van der Waals surface area contributed by atoms with Gasteiger partial charge < -0.3 is 19.9 Å². The van der Waals surface area contributed by atoms with E-state index in [1.165, 1.54) is 11.3 Å². The van der Waals surface area contributed by atoms with Crippen LogP contribution in [-0.2, 0) is 30.6 Å². The fourth-order valence-corrected chi connectivity index (χ4v) is 6.37. The number of carbonyl (C=O) groups is 3. The number of allylic oxidation sites excluding steroid dienone is 6. The van der Waals surface area contributed by atoms with Gasteiger partial charge in [0.15, 0.2) is 0 Å². The SMILES string of the molecule is C/C=C\C(=C/C)C(NC(=O)OC1CCN(CCCCCN(C)CCCCN2C(=O)c3ccccc3C2=O)CC1)C1=CCC=CC=C1.[Hf]. The van der Waals surface area contributed by atoms with E-state index >= 15 is 0 Å². The summed E-state index contributed by atoms with van der Waals surface area (Å²) in [5.74, 6) is -0.329. The number of ether oxygens (including phenoxy) is 1. The minimum atomic E-state index is -0.355. The van der Waals surface area contributed by atoms with Crippen molar-refractivity contribution in [1.29, 1.82) is 0 Å². The van der Waals surface area contributed by atoms with Gasteiger partial charge in [-0.15, -0.1) is 0 Å². The first kappa shape index (κ1) is 38.6. The molecule has 252 valence electrons. The van der Waals surface area contributed by atoms with Crippen molar-refractivity contribution in [3.8, 4) is 0 Å². The van der Waals surface area contributed by atoms with Crippen molar-refractivity contribution in [3.05, 3.63) is 95.1 Å². The average Bonchev–Trinajstić information content (AvgIpc) is 3.22. The Balaban J connectivity index is 0.00000600. The number of imide groups is 1. The van der Waals surface area contributed by atoms with Crippen molar-refractivity contribution >= 4 is 17.9 Å². The maximum absolute atomic E-state index is 13.0. The van der Waals surface area contributed by atoms with Gasteiger partial charge in [-0.05, 0) is 109 Å². The largest absolute Gasteiger partial charge is 0.446 e. The summed E-state index contributed by atoms with van der Waals surface area (Å²) in [5.41, 5.74) is 3.15. The smallest absolute Gasteiger partial charge is 0.408 e. The van der Waals surface area contributed by atoms with Gasteiger partial charge >= 0.3 is 6.09 Å². The van der Waals surface area contributed by atoms with E-state index in [4.69, 9.17) is 4.74 Å². The van der Waals surface area contributed by atoms with Gasteiger partial charge in [0, 0.05) is 45.5 Å². The number of alkyl carbamates (subject to hydrolysis) is 1. The van der Waals surface area contributed by atoms with E-state index in [0.717, 1.165) is 88.8 Å². The first-order valence-corrected chi connectivity index (χ1v) is 17.1. The van der Waals surface area contributed by atoms with Gasteiger partial charge in [0.25, 0.3) is 11.8 Å². The number of piperidine rings is 1. The van der Waals surface area contributed by atoms with Crippen LogP contribution in [0, 0.1) is 0 Å². The van der Waals surface area contributed by atoms with Crippen molar-refractivity contribution in [1.82, 2.24) is 20.0 Å². The topological polar surface area (TPSA) is 82.2 Å². The Bertz CT molecular complexity index is 1310. The molecule has 9 heteroatoms. The third kappa shape index (κ3) is 11.6. The van der Waals surface area contributed by atoms with Crippen LogP contribution in [0.25, 0.3) is 0 Å². The molecule has 2 heterocycles. The maximum atomic E-state index is 13.0. The minimum absolute atomic E-state index is 0. The molecule has 3 amide bonds. The molecular formula is C38H52HfN4O4. The Morgan fingerprint density at radius 1 is 0.979 bits per heavy atom. The molecule has 0 spiro atoms. The number of amides is 3. The zero-order valence-corrected chi connectivity index (χ0v) is 32.0. The predicted octanol–water partition coefficient (Wildman–Crippen LogP) is 6.69. The fourth-order valence-electron chi connectivity index (χ4n) is 6.37. The number of likely N-dealkylation sites (tertiary alicyclic amines) is 1. The quantitative estimate of drug-likeness (QED) is 0.0869. The Morgan fingerprint density at radius 3 is 2.30 bits per heavy atom. The van der Waals surface area contributed by atoms with Crippen LogP contribution < -0.4 is 5.32 Å². The fraction of sp³-hybridized carbons (Fsp3) is 0.500. The number of rotatable bonds is 16. The number of nitrogens with one attached hydrogen (secondary N) is 1. The van der Waals surface area contributed by atoms with Crippen molar-refractivity contribution in [2.75, 3.05) is 46.3 Å². The summed E-state index contributed by atoms with van der Waals surface area (Å²) < 4.78 is 5.89. The van der Waals surface area contributed by atoms with Crippen molar-refractivity contribution in [3.63, 3.8) is 0 Å². The van der Waals surface area contributed by atoms with Crippen LogP contribution in [0.2, 0.25) is 0 Å². The van der Waals surface area contributed by atoms with Gasteiger partial charge in [0.1, 0.15) is 6.10 Å². The third-order valence-corrected chi connectivity index (χ3v) is 9.02. The van der Waals surface area contributed by atoms with Gasteiger partial charge in [0.05, 0.1) is 17.2 Å². The molecule has 0 radical (unpaired) electrons. The zero-order chi connectivity index (χ0) is 32.7. The number of hydrogen-bond acceptors (Lipinski definition) is 6. The Morgan fingerprint density at radius 2 is 1.64 bits per heavy atom. The second-order valence-corrected chi connectivity index (χ2v) is 12.4. The number of carbonyl (C=O) groups excluding carboxylic acids is 3. The molecular weight excluding hydrogens is 755 g/mol. The van der Waals surface area contributed by atoms with Crippen LogP contribution in [0.3, 0.4) is 0 Å². The number of benzene rings is 1. The van der Waals surface area contributed by atoms with E-state index in [9.17, 15) is 14.4 Å². The summed E-state index contributed by atoms with van der Waals surface area (Å²) in [6, 6.07) is 6.83. The zero-order valence-electron chi connectivity index (χ0n) is 28.5. The molecule has 1 aliphatic carbocycles. The van der Waals surface area contributed by atoms with Crippen molar-refractivity contribution in [2.45, 2.75) is 77.4 Å². The predicted molar refractivity (Wildman–Crippen MR) is 185 cm³/mol. The van der Waals surface area contributed by atoms with Gasteiger partial charge in [-0.3, -0.25) is 14.5 Å². The number of hydrogen-bond donors (Lipinski definition) is 1. The van der Waals surface area contributed by atoms with Crippen LogP contribution in [0.1, 0.15) is 85.9 Å². The molecule has 1 aromatic rings. The normalized spacial score (nSPS) is 17.9. The molecule has 1 fully saturated rings. The number of unbranched alkanes of at least 4 members (excludes halogenated alkanes) is 3. The maximum Gasteiger partial charge on any atom is 0.408 e. The van der Waals surface area contributed by atoms with E-state index in [-0.39, 0.29) is 55.9 Å². The van der Waals surface area contributed by atoms with E-state index in [1.807, 2.05) is 44.2 Å². The summed E-state index contributed by atoms with van der Waals surface area (Å²) in [4.78, 5) is 44.2. The number of fused-ring (bicyclic) bond motifs is 1.